The molecule has 0 radical (unpaired) electrons. The van der Waals surface area contributed by atoms with Crippen molar-refractivity contribution in [1.29, 1.82) is 0 Å². The second-order valence-corrected chi connectivity index (χ2v) is 15.5. The third-order valence-electron chi connectivity index (χ3n) is 6.12. The maximum absolute atomic E-state index is 16.0. The summed E-state index contributed by atoms with van der Waals surface area (Å²) < 4.78 is 26.6. The van der Waals surface area contributed by atoms with Crippen LogP contribution in [0.3, 0.4) is 0 Å². The summed E-state index contributed by atoms with van der Waals surface area (Å²) in [4.78, 5) is 28.9. The molecule has 11 heteroatoms. The second kappa shape index (κ2) is 9.38. The molecule has 2 heterocycles. The molecule has 1 saturated heterocycles. The molecule has 0 spiro atoms. The fourth-order valence-electron chi connectivity index (χ4n) is 3.19. The Bertz CT molecular complexity index is 1060. The number of anilines is 1. The lowest BCUT2D eigenvalue weighted by Gasteiger charge is -2.40. The highest BCUT2D eigenvalue weighted by Crippen LogP contribution is 2.50. The number of aliphatic hydroxyl groups is 1. The topological polar surface area (TPSA) is 103 Å². The number of hydrogen-bond donors (Lipinski definition) is 2. The first-order valence-corrected chi connectivity index (χ1v) is 14.3. The number of hydrogen-bond acceptors (Lipinski definition) is 6. The third kappa shape index (κ3) is 5.27. The Balaban J connectivity index is 1.85. The largest absolute Gasteiger partial charge is 0.407 e. The van der Waals surface area contributed by atoms with Gasteiger partial charge in [0.15, 0.2) is 14.5 Å². The number of ether oxygens (including phenoxy) is 1. The van der Waals surface area contributed by atoms with E-state index in [9.17, 15) is 14.7 Å². The van der Waals surface area contributed by atoms with Crippen molar-refractivity contribution in [2.75, 3.05) is 11.9 Å². The highest BCUT2D eigenvalue weighted by Gasteiger charge is 2.60. The lowest BCUT2D eigenvalue weighted by Crippen LogP contribution is -2.51. The van der Waals surface area contributed by atoms with Crippen LogP contribution in [0.5, 0.6) is 0 Å². The zero-order chi connectivity index (χ0) is 24.6. The second-order valence-electron chi connectivity index (χ2n) is 9.51. The maximum Gasteiger partial charge on any atom is 0.351 e. The smallest absolute Gasteiger partial charge is 0.351 e. The van der Waals surface area contributed by atoms with Crippen molar-refractivity contribution in [3.05, 3.63) is 58.6 Å². The lowest BCUT2D eigenvalue weighted by atomic mass is 10.1. The van der Waals surface area contributed by atoms with Gasteiger partial charge in [0.2, 0.25) is 4.58 Å². The van der Waals surface area contributed by atoms with E-state index in [0.29, 0.717) is 5.56 Å². The van der Waals surface area contributed by atoms with Crippen LogP contribution in [-0.2, 0) is 9.16 Å². The van der Waals surface area contributed by atoms with E-state index in [0.717, 1.165) is 4.57 Å². The van der Waals surface area contributed by atoms with E-state index in [1.807, 2.05) is 33.9 Å². The van der Waals surface area contributed by atoms with Crippen molar-refractivity contribution in [1.82, 2.24) is 9.55 Å². The molecule has 0 saturated carbocycles. The Labute approximate surface area is 201 Å². The summed E-state index contributed by atoms with van der Waals surface area (Å²) in [7, 11) is -2.43. The van der Waals surface area contributed by atoms with Crippen LogP contribution in [0.25, 0.3) is 0 Å². The summed E-state index contributed by atoms with van der Waals surface area (Å²) in [6.45, 7) is 9.51. The average molecular weight is 542 g/mol. The number of nitrogens with zero attached hydrogens (tertiary/aromatic N) is 2. The van der Waals surface area contributed by atoms with Gasteiger partial charge < -0.3 is 19.6 Å². The molecule has 0 unspecified atom stereocenters. The van der Waals surface area contributed by atoms with E-state index >= 15 is 4.39 Å². The molecule has 4 atom stereocenters. The van der Waals surface area contributed by atoms with Crippen LogP contribution in [0.15, 0.2) is 47.4 Å². The highest BCUT2D eigenvalue weighted by molar-refractivity contribution is 9.10. The van der Waals surface area contributed by atoms with Gasteiger partial charge in [-0.3, -0.25) is 9.36 Å². The average Bonchev–Trinajstić information content (AvgIpc) is 2.97. The Morgan fingerprint density at radius 2 is 1.97 bits per heavy atom. The van der Waals surface area contributed by atoms with Gasteiger partial charge in [0, 0.05) is 11.8 Å². The third-order valence-corrected chi connectivity index (χ3v) is 11.4. The van der Waals surface area contributed by atoms with E-state index in [4.69, 9.17) is 9.16 Å². The summed E-state index contributed by atoms with van der Waals surface area (Å²) in [6, 6.07) is 9.85. The number of amides is 1. The summed E-state index contributed by atoms with van der Waals surface area (Å²) in [5.74, 6) is -0.407. The number of aromatic nitrogens is 2. The molecule has 8 nitrogen and oxygen atoms in total. The molecule has 0 bridgehead atoms. The number of benzene rings is 1. The molecule has 1 aliphatic heterocycles. The molecular formula is C22H29BrFN3O5Si. The van der Waals surface area contributed by atoms with Crippen LogP contribution in [0.4, 0.5) is 10.2 Å². The van der Waals surface area contributed by atoms with E-state index in [1.54, 1.807) is 30.3 Å². The predicted octanol–water partition coefficient (Wildman–Crippen LogP) is 3.84. The lowest BCUT2D eigenvalue weighted by molar-refractivity contribution is -0.0496. The first-order valence-electron chi connectivity index (χ1n) is 10.6. The van der Waals surface area contributed by atoms with Gasteiger partial charge in [0.25, 0.3) is 5.91 Å². The Morgan fingerprint density at radius 3 is 2.52 bits per heavy atom. The van der Waals surface area contributed by atoms with Gasteiger partial charge >= 0.3 is 5.69 Å². The Morgan fingerprint density at radius 1 is 1.33 bits per heavy atom. The zero-order valence-electron chi connectivity index (χ0n) is 19.2. The molecule has 1 aliphatic rings. The standard InChI is InChI=1S/C22H29BrFN3O5Si/c1-21(2,3)33(4,5)32-17-15(13-28)31-19(22(17,23)24)27-12-11-16(26-20(27)30)25-18(29)14-9-7-6-8-10-14/h6-12,15,17,19,28H,13H2,1-5H3,(H,25,26,29,30)/t15-,17-,19-,22+/m1/s1. The Kier molecular flexibility index (Phi) is 7.30. The summed E-state index contributed by atoms with van der Waals surface area (Å²) >= 11 is 3.07. The quantitative estimate of drug-likeness (QED) is 0.425. The number of halogens is 2. The van der Waals surface area contributed by atoms with Crippen LogP contribution < -0.4 is 11.0 Å². The van der Waals surface area contributed by atoms with E-state index in [-0.39, 0.29) is 10.9 Å². The fraction of sp³-hybridized carbons (Fsp3) is 0.500. The fourth-order valence-corrected chi connectivity index (χ4v) is 5.39. The van der Waals surface area contributed by atoms with Crippen LogP contribution in [0.1, 0.15) is 37.4 Å². The van der Waals surface area contributed by atoms with Crippen molar-refractivity contribution in [3.8, 4) is 0 Å². The highest BCUT2D eigenvalue weighted by atomic mass is 79.9. The number of alkyl halides is 2. The van der Waals surface area contributed by atoms with Crippen LogP contribution in [-0.4, -0.2) is 52.3 Å². The molecule has 180 valence electrons. The minimum absolute atomic E-state index is 0.0231. The van der Waals surface area contributed by atoms with Gasteiger partial charge in [0.05, 0.1) is 6.61 Å². The molecule has 3 rings (SSSR count). The van der Waals surface area contributed by atoms with E-state index in [2.05, 4.69) is 26.2 Å². The molecular weight excluding hydrogens is 513 g/mol. The van der Waals surface area contributed by atoms with Crippen molar-refractivity contribution < 1.29 is 23.5 Å². The number of aliphatic hydroxyl groups excluding tert-OH is 1. The number of rotatable bonds is 6. The normalized spacial score (nSPS) is 25.8. The van der Waals surface area contributed by atoms with Gasteiger partial charge in [-0.05, 0) is 52.3 Å². The number of carbonyl (C=O) groups is 1. The number of carbonyl (C=O) groups excluding carboxylic acids is 1. The molecule has 1 aromatic carbocycles. The molecule has 0 aliphatic carbocycles. The van der Waals surface area contributed by atoms with Gasteiger partial charge in [-0.15, -0.1) is 0 Å². The van der Waals surface area contributed by atoms with Crippen molar-refractivity contribution in [2.24, 2.45) is 0 Å². The van der Waals surface area contributed by atoms with Crippen molar-refractivity contribution >= 4 is 36.0 Å². The van der Waals surface area contributed by atoms with Gasteiger partial charge in [-0.25, -0.2) is 9.18 Å². The molecule has 2 aromatic rings. The minimum atomic E-state index is -2.43. The summed E-state index contributed by atoms with van der Waals surface area (Å²) in [5, 5.41) is 12.2. The van der Waals surface area contributed by atoms with Gasteiger partial charge in [0.1, 0.15) is 18.0 Å². The van der Waals surface area contributed by atoms with Gasteiger partial charge in [-0.1, -0.05) is 39.0 Å². The van der Waals surface area contributed by atoms with Crippen molar-refractivity contribution in [3.63, 3.8) is 0 Å². The minimum Gasteiger partial charge on any atom is -0.407 e. The predicted molar refractivity (Wildman–Crippen MR) is 129 cm³/mol. The monoisotopic (exact) mass is 541 g/mol. The first-order chi connectivity index (χ1) is 15.3. The molecule has 1 aromatic heterocycles. The number of nitrogens with one attached hydrogen (secondary N) is 1. The van der Waals surface area contributed by atoms with Crippen LogP contribution in [0, 0.1) is 0 Å². The van der Waals surface area contributed by atoms with E-state index in [1.165, 1.54) is 12.3 Å². The first kappa shape index (κ1) is 25.7. The molecule has 1 amide bonds. The molecule has 2 N–H and O–H groups in total. The maximum atomic E-state index is 16.0. The van der Waals surface area contributed by atoms with Gasteiger partial charge in [-0.2, -0.15) is 4.98 Å². The molecule has 33 heavy (non-hydrogen) atoms. The van der Waals surface area contributed by atoms with Crippen molar-refractivity contribution in [2.45, 2.75) is 61.9 Å². The Hall–Kier alpha value is -1.92. The SMILES string of the molecule is CC(C)(C)[Si](C)(C)O[C@@H]1[C@@H](CO)O[C@@H](n2ccc(NC(=O)c3ccccc3)nc2=O)[C@]1(F)Br. The summed E-state index contributed by atoms with van der Waals surface area (Å²) in [5.41, 5.74) is -0.417. The molecule has 1 fully saturated rings. The van der Waals surface area contributed by atoms with Crippen LogP contribution >= 0.6 is 15.9 Å². The zero-order valence-corrected chi connectivity index (χ0v) is 21.8. The van der Waals surface area contributed by atoms with Crippen LogP contribution in [0.2, 0.25) is 18.1 Å². The summed E-state index contributed by atoms with van der Waals surface area (Å²) in [6.07, 6.45) is -2.27. The van der Waals surface area contributed by atoms with E-state index < -0.39 is 49.5 Å².